The van der Waals surface area contributed by atoms with Crippen LogP contribution in [-0.4, -0.2) is 53.9 Å². The largest absolute Gasteiger partial charge is 0.493 e. The van der Waals surface area contributed by atoms with Gasteiger partial charge in [-0.1, -0.05) is 12.1 Å². The number of nitrogens with one attached hydrogen (secondary N) is 1. The van der Waals surface area contributed by atoms with Gasteiger partial charge in [0.05, 0.1) is 12.6 Å². The number of methoxy groups -OCH3 is 1. The molecule has 9 nitrogen and oxygen atoms in total. The summed E-state index contributed by atoms with van der Waals surface area (Å²) in [5.74, 6) is 1.86. The second kappa shape index (κ2) is 9.61. The highest BCUT2D eigenvalue weighted by atomic mass is 16.5. The minimum absolute atomic E-state index is 0.00136. The summed E-state index contributed by atoms with van der Waals surface area (Å²) in [4.78, 5) is 29.4. The monoisotopic (exact) mass is 487 g/mol. The van der Waals surface area contributed by atoms with Crippen molar-refractivity contribution in [2.75, 3.05) is 20.9 Å². The molecule has 0 atom stereocenters. The first-order chi connectivity index (χ1) is 17.5. The van der Waals surface area contributed by atoms with Crippen molar-refractivity contribution >= 4 is 33.7 Å². The average molecular weight is 488 g/mol. The van der Waals surface area contributed by atoms with Crippen molar-refractivity contribution in [1.82, 2.24) is 15.2 Å². The first-order valence-corrected chi connectivity index (χ1v) is 11.5. The number of carbonyl (C=O) groups is 2. The molecular formula is C27H25N3O6. The number of fused-ring (bicyclic) bond motifs is 2. The Bertz CT molecular complexity index is 1470. The van der Waals surface area contributed by atoms with Crippen LogP contribution in [-0.2, 0) is 0 Å². The van der Waals surface area contributed by atoms with Gasteiger partial charge in [-0.3, -0.25) is 14.7 Å². The van der Waals surface area contributed by atoms with Gasteiger partial charge in [-0.15, -0.1) is 0 Å². The number of ether oxygens (including phenoxy) is 3. The quantitative estimate of drug-likeness (QED) is 0.336. The molecular weight excluding hydrogens is 462 g/mol. The highest BCUT2D eigenvalue weighted by molar-refractivity contribution is 6.07. The standard InChI is InChI=1S/C27H25N3O6/c1-28-26(31)20-5-3-4-16-12-18(8-9-19(16)20)36-23-10-11-29-22-14-25(24(34-2)13-21(22)23)35-15-30(27(32)33)17-6-7-17/h3-5,8-14,17H,6-7,15H2,1-2H3,(H,28,31)(H,32,33). The zero-order chi connectivity index (χ0) is 25.2. The normalized spacial score (nSPS) is 12.8. The maximum absolute atomic E-state index is 12.2. The lowest BCUT2D eigenvalue weighted by molar-refractivity contribution is 0.0930. The van der Waals surface area contributed by atoms with Crippen LogP contribution in [0.25, 0.3) is 21.7 Å². The molecule has 0 unspecified atom stereocenters. The molecule has 1 saturated carbocycles. The number of aromatic nitrogens is 1. The fourth-order valence-electron chi connectivity index (χ4n) is 4.12. The fraction of sp³-hybridized carbons (Fsp3) is 0.222. The first kappa shape index (κ1) is 23.2. The molecule has 0 radical (unpaired) electrons. The van der Waals surface area contributed by atoms with E-state index >= 15 is 0 Å². The fourth-order valence-corrected chi connectivity index (χ4v) is 4.12. The summed E-state index contributed by atoms with van der Waals surface area (Å²) in [6, 6.07) is 16.3. The Morgan fingerprint density at radius 1 is 1.06 bits per heavy atom. The Hall–Kier alpha value is -4.53. The molecule has 1 aliphatic carbocycles. The Labute approximate surface area is 207 Å². The predicted octanol–water partition coefficient (Wildman–Crippen LogP) is 5.03. The minimum atomic E-state index is -1.01. The second-order valence-electron chi connectivity index (χ2n) is 8.46. The van der Waals surface area contributed by atoms with E-state index in [0.717, 1.165) is 23.6 Å². The van der Waals surface area contributed by atoms with E-state index < -0.39 is 6.09 Å². The summed E-state index contributed by atoms with van der Waals surface area (Å²) in [6.07, 6.45) is 2.30. The van der Waals surface area contributed by atoms with Crippen molar-refractivity contribution in [3.8, 4) is 23.0 Å². The molecule has 4 aromatic rings. The summed E-state index contributed by atoms with van der Waals surface area (Å²) in [7, 11) is 3.13. The summed E-state index contributed by atoms with van der Waals surface area (Å²) in [6.45, 7) is -0.0901. The van der Waals surface area contributed by atoms with Gasteiger partial charge < -0.3 is 24.6 Å². The Kier molecular flexibility index (Phi) is 6.20. The number of rotatable bonds is 8. The van der Waals surface area contributed by atoms with E-state index in [1.54, 1.807) is 37.5 Å². The molecule has 2 amide bonds. The number of hydrogen-bond acceptors (Lipinski definition) is 6. The van der Waals surface area contributed by atoms with Crippen molar-refractivity contribution in [3.63, 3.8) is 0 Å². The molecule has 9 heteroatoms. The number of carboxylic acid groups (broad SMARTS) is 1. The molecule has 1 aliphatic rings. The lowest BCUT2D eigenvalue weighted by Crippen LogP contribution is -2.35. The smallest absolute Gasteiger partial charge is 0.410 e. The van der Waals surface area contributed by atoms with Crippen LogP contribution in [0.15, 0.2) is 60.8 Å². The summed E-state index contributed by atoms with van der Waals surface area (Å²) < 4.78 is 17.5. The number of benzene rings is 3. The van der Waals surface area contributed by atoms with Crippen molar-refractivity contribution in [3.05, 3.63) is 66.4 Å². The van der Waals surface area contributed by atoms with Gasteiger partial charge in [0.15, 0.2) is 18.2 Å². The zero-order valence-corrected chi connectivity index (χ0v) is 19.9. The van der Waals surface area contributed by atoms with Crippen LogP contribution in [0.2, 0.25) is 0 Å². The van der Waals surface area contributed by atoms with Crippen LogP contribution in [0.1, 0.15) is 23.2 Å². The molecule has 1 fully saturated rings. The molecule has 1 aromatic heterocycles. The third kappa shape index (κ3) is 4.55. The number of hydrogen-bond donors (Lipinski definition) is 2. The van der Waals surface area contributed by atoms with Gasteiger partial charge in [0.25, 0.3) is 5.91 Å². The van der Waals surface area contributed by atoms with Crippen LogP contribution >= 0.6 is 0 Å². The maximum atomic E-state index is 12.2. The third-order valence-electron chi connectivity index (χ3n) is 6.13. The number of pyridine rings is 1. The van der Waals surface area contributed by atoms with Crippen LogP contribution in [0.4, 0.5) is 4.79 Å². The maximum Gasteiger partial charge on any atom is 0.410 e. The lowest BCUT2D eigenvalue weighted by Gasteiger charge is -2.20. The molecule has 0 aliphatic heterocycles. The second-order valence-corrected chi connectivity index (χ2v) is 8.46. The van der Waals surface area contributed by atoms with E-state index in [-0.39, 0.29) is 18.7 Å². The highest BCUT2D eigenvalue weighted by Crippen LogP contribution is 2.38. The van der Waals surface area contributed by atoms with Crippen molar-refractivity contribution < 1.29 is 28.9 Å². The number of nitrogens with zero attached hydrogens (tertiary/aromatic N) is 2. The van der Waals surface area contributed by atoms with Gasteiger partial charge in [0.1, 0.15) is 11.5 Å². The molecule has 1 heterocycles. The van der Waals surface area contributed by atoms with Crippen LogP contribution in [0, 0.1) is 0 Å². The zero-order valence-electron chi connectivity index (χ0n) is 19.9. The van der Waals surface area contributed by atoms with E-state index in [2.05, 4.69) is 10.3 Å². The number of carbonyl (C=O) groups excluding carboxylic acids is 1. The molecule has 184 valence electrons. The van der Waals surface area contributed by atoms with Crippen LogP contribution < -0.4 is 19.5 Å². The Morgan fingerprint density at radius 2 is 1.89 bits per heavy atom. The molecule has 0 bridgehead atoms. The third-order valence-corrected chi connectivity index (χ3v) is 6.13. The van der Waals surface area contributed by atoms with E-state index in [0.29, 0.717) is 39.5 Å². The first-order valence-electron chi connectivity index (χ1n) is 11.5. The summed E-state index contributed by atoms with van der Waals surface area (Å²) in [5.41, 5.74) is 1.20. The van der Waals surface area contributed by atoms with Gasteiger partial charge in [-0.05, 0) is 60.0 Å². The molecule has 0 spiro atoms. The molecule has 0 saturated heterocycles. The summed E-state index contributed by atoms with van der Waals surface area (Å²) in [5, 5.41) is 14.5. The lowest BCUT2D eigenvalue weighted by atomic mass is 10.0. The predicted molar refractivity (Wildman–Crippen MR) is 134 cm³/mol. The molecule has 36 heavy (non-hydrogen) atoms. The number of amides is 2. The van der Waals surface area contributed by atoms with Crippen molar-refractivity contribution in [2.24, 2.45) is 0 Å². The van der Waals surface area contributed by atoms with E-state index in [1.165, 1.54) is 12.0 Å². The molecule has 5 rings (SSSR count). The van der Waals surface area contributed by atoms with E-state index in [4.69, 9.17) is 14.2 Å². The molecule has 3 aromatic carbocycles. The van der Waals surface area contributed by atoms with Crippen molar-refractivity contribution in [1.29, 1.82) is 0 Å². The van der Waals surface area contributed by atoms with Gasteiger partial charge in [-0.25, -0.2) is 4.79 Å². The topological polar surface area (TPSA) is 110 Å². The van der Waals surface area contributed by atoms with E-state index in [9.17, 15) is 14.7 Å². The Balaban J connectivity index is 1.44. The van der Waals surface area contributed by atoms with Crippen molar-refractivity contribution in [2.45, 2.75) is 18.9 Å². The average Bonchev–Trinajstić information content (AvgIpc) is 3.72. The van der Waals surface area contributed by atoms with Crippen LogP contribution in [0.5, 0.6) is 23.0 Å². The van der Waals surface area contributed by atoms with Gasteiger partial charge >= 0.3 is 6.09 Å². The van der Waals surface area contributed by atoms with Crippen LogP contribution in [0.3, 0.4) is 0 Å². The van der Waals surface area contributed by atoms with Gasteiger partial charge in [0, 0.05) is 36.3 Å². The minimum Gasteiger partial charge on any atom is -0.493 e. The SMILES string of the molecule is CNC(=O)c1cccc2cc(Oc3ccnc4cc(OCN(C(=O)O)C5CC5)c(OC)cc34)ccc12. The van der Waals surface area contributed by atoms with E-state index in [1.807, 2.05) is 30.3 Å². The van der Waals surface area contributed by atoms with Gasteiger partial charge in [0.2, 0.25) is 0 Å². The molecule has 2 N–H and O–H groups in total. The highest BCUT2D eigenvalue weighted by Gasteiger charge is 2.33. The Morgan fingerprint density at radius 3 is 2.61 bits per heavy atom. The summed E-state index contributed by atoms with van der Waals surface area (Å²) >= 11 is 0. The van der Waals surface area contributed by atoms with Gasteiger partial charge in [-0.2, -0.15) is 0 Å².